The van der Waals surface area contributed by atoms with Gasteiger partial charge in [0.2, 0.25) is 0 Å². The van der Waals surface area contributed by atoms with E-state index in [1.807, 2.05) is 0 Å². The molecule has 90 valence electrons. The molecule has 1 heterocycles. The van der Waals surface area contributed by atoms with Crippen LogP contribution in [0.1, 0.15) is 17.3 Å². The van der Waals surface area contributed by atoms with Crippen LogP contribution in [0.5, 0.6) is 0 Å². The third-order valence-corrected chi connectivity index (χ3v) is 2.73. The molecule has 2 aromatic rings. The van der Waals surface area contributed by atoms with Crippen molar-refractivity contribution in [2.45, 2.75) is 6.92 Å². The van der Waals surface area contributed by atoms with Gasteiger partial charge in [0.15, 0.2) is 0 Å². The molecule has 0 amide bonds. The number of esters is 1. The molecular formula is C11H10ClFN2O2. The van der Waals surface area contributed by atoms with Gasteiger partial charge in [-0.05, 0) is 19.1 Å². The number of aromatic nitrogens is 1. The predicted octanol–water partition coefficient (Wildman–Crippen LogP) is 2.72. The fraction of sp³-hybridized carbons (Fsp3) is 0.182. The molecule has 4 nitrogen and oxygen atoms in total. The lowest BCUT2D eigenvalue weighted by molar-refractivity contribution is 0.0530. The standard InChI is InChI=1S/C11H10ClFN2O2/c1-2-17-11(16)8-7-6(15-10(8)14)4-3-5(13)9(7)12/h3-4,15H,2,14H2,1H3. The summed E-state index contributed by atoms with van der Waals surface area (Å²) in [6.45, 7) is 1.88. The number of nitrogen functional groups attached to an aromatic ring is 1. The van der Waals surface area contributed by atoms with Crippen LogP contribution in [0.25, 0.3) is 10.9 Å². The molecule has 0 radical (unpaired) electrons. The Labute approximate surface area is 102 Å². The number of H-pyrrole nitrogens is 1. The largest absolute Gasteiger partial charge is 0.462 e. The quantitative estimate of drug-likeness (QED) is 0.812. The minimum absolute atomic E-state index is 0.0753. The van der Waals surface area contributed by atoms with Crippen LogP contribution in [0.3, 0.4) is 0 Å². The summed E-state index contributed by atoms with van der Waals surface area (Å²) in [5.74, 6) is -1.11. The summed E-state index contributed by atoms with van der Waals surface area (Å²) in [5.41, 5.74) is 6.24. The van der Waals surface area contributed by atoms with Gasteiger partial charge in [0, 0.05) is 10.9 Å². The van der Waals surface area contributed by atoms with Crippen molar-refractivity contribution in [3.05, 3.63) is 28.5 Å². The third-order valence-electron chi connectivity index (χ3n) is 2.36. The molecule has 0 spiro atoms. The van der Waals surface area contributed by atoms with E-state index in [9.17, 15) is 9.18 Å². The lowest BCUT2D eigenvalue weighted by atomic mass is 10.1. The van der Waals surface area contributed by atoms with Gasteiger partial charge in [-0.25, -0.2) is 9.18 Å². The number of halogens is 2. The highest BCUT2D eigenvalue weighted by Gasteiger charge is 2.21. The monoisotopic (exact) mass is 256 g/mol. The van der Waals surface area contributed by atoms with Gasteiger partial charge in [0.05, 0.1) is 11.6 Å². The van der Waals surface area contributed by atoms with Crippen LogP contribution in [0.2, 0.25) is 5.02 Å². The van der Waals surface area contributed by atoms with Crippen LogP contribution in [-0.4, -0.2) is 17.6 Å². The van der Waals surface area contributed by atoms with Gasteiger partial charge in [-0.1, -0.05) is 11.6 Å². The maximum atomic E-state index is 13.3. The number of fused-ring (bicyclic) bond motifs is 1. The maximum Gasteiger partial charge on any atom is 0.342 e. The molecule has 0 unspecified atom stereocenters. The van der Waals surface area contributed by atoms with Gasteiger partial charge in [0.1, 0.15) is 17.2 Å². The fourth-order valence-corrected chi connectivity index (χ4v) is 1.92. The van der Waals surface area contributed by atoms with Crippen molar-refractivity contribution in [3.8, 4) is 0 Å². The van der Waals surface area contributed by atoms with Crippen LogP contribution in [0, 0.1) is 5.82 Å². The van der Waals surface area contributed by atoms with E-state index in [1.54, 1.807) is 6.92 Å². The van der Waals surface area contributed by atoms with Gasteiger partial charge < -0.3 is 15.5 Å². The van der Waals surface area contributed by atoms with E-state index in [-0.39, 0.29) is 28.4 Å². The molecule has 0 fully saturated rings. The lowest BCUT2D eigenvalue weighted by Crippen LogP contribution is -2.07. The van der Waals surface area contributed by atoms with Crippen LogP contribution in [0.15, 0.2) is 12.1 Å². The zero-order chi connectivity index (χ0) is 12.6. The van der Waals surface area contributed by atoms with Crippen molar-refractivity contribution in [2.75, 3.05) is 12.3 Å². The van der Waals surface area contributed by atoms with Crippen LogP contribution in [-0.2, 0) is 4.74 Å². The smallest absolute Gasteiger partial charge is 0.342 e. The Bertz CT molecular complexity index is 595. The summed E-state index contributed by atoms with van der Waals surface area (Å²) in [6.07, 6.45) is 0. The third kappa shape index (κ3) is 1.82. The minimum Gasteiger partial charge on any atom is -0.462 e. The normalized spacial score (nSPS) is 10.8. The molecule has 0 aliphatic heterocycles. The van der Waals surface area contributed by atoms with E-state index >= 15 is 0 Å². The average molecular weight is 257 g/mol. The number of hydrogen-bond donors (Lipinski definition) is 2. The first-order valence-electron chi connectivity index (χ1n) is 4.98. The summed E-state index contributed by atoms with van der Waals surface area (Å²) in [5, 5.41) is 0.112. The first kappa shape index (κ1) is 11.7. The maximum absolute atomic E-state index is 13.3. The molecule has 1 aromatic carbocycles. The SMILES string of the molecule is CCOC(=O)c1c(N)[nH]c2ccc(F)c(Cl)c12. The van der Waals surface area contributed by atoms with Crippen molar-refractivity contribution < 1.29 is 13.9 Å². The van der Waals surface area contributed by atoms with E-state index in [2.05, 4.69) is 4.98 Å². The summed E-state index contributed by atoms with van der Waals surface area (Å²) in [4.78, 5) is 14.5. The van der Waals surface area contributed by atoms with Crippen LogP contribution < -0.4 is 5.73 Å². The minimum atomic E-state index is -0.622. The highest BCUT2D eigenvalue weighted by molar-refractivity contribution is 6.37. The Morgan fingerprint density at radius 3 is 2.94 bits per heavy atom. The number of benzene rings is 1. The van der Waals surface area contributed by atoms with Gasteiger partial charge in [0.25, 0.3) is 0 Å². The van der Waals surface area contributed by atoms with Crippen molar-refractivity contribution in [2.24, 2.45) is 0 Å². The first-order valence-corrected chi connectivity index (χ1v) is 5.36. The number of nitrogens with one attached hydrogen (secondary N) is 1. The molecule has 17 heavy (non-hydrogen) atoms. The van der Waals surface area contributed by atoms with Gasteiger partial charge in [-0.2, -0.15) is 0 Å². The topological polar surface area (TPSA) is 68.1 Å². The number of rotatable bonds is 2. The molecule has 0 bridgehead atoms. The van der Waals surface area contributed by atoms with E-state index in [4.69, 9.17) is 22.1 Å². The molecule has 0 atom stereocenters. The van der Waals surface area contributed by atoms with Crippen molar-refractivity contribution in [3.63, 3.8) is 0 Å². The number of ether oxygens (including phenoxy) is 1. The molecule has 0 saturated heterocycles. The molecule has 2 rings (SSSR count). The van der Waals surface area contributed by atoms with Crippen molar-refractivity contribution in [1.29, 1.82) is 0 Å². The van der Waals surface area contributed by atoms with E-state index in [0.29, 0.717) is 5.52 Å². The number of anilines is 1. The Morgan fingerprint density at radius 1 is 1.59 bits per heavy atom. The number of hydrogen-bond acceptors (Lipinski definition) is 3. The molecule has 6 heteroatoms. The summed E-state index contributed by atoms with van der Waals surface area (Å²) >= 11 is 5.83. The molecule has 0 saturated carbocycles. The number of aromatic amines is 1. The molecule has 3 N–H and O–H groups in total. The summed E-state index contributed by atoms with van der Waals surface area (Å²) in [7, 11) is 0. The van der Waals surface area contributed by atoms with Crippen molar-refractivity contribution in [1.82, 2.24) is 4.98 Å². The second-order valence-electron chi connectivity index (χ2n) is 3.42. The number of carbonyl (C=O) groups is 1. The summed E-state index contributed by atoms with van der Waals surface area (Å²) < 4.78 is 18.2. The Balaban J connectivity index is 2.73. The van der Waals surface area contributed by atoms with E-state index < -0.39 is 11.8 Å². The average Bonchev–Trinajstić information content (AvgIpc) is 2.61. The lowest BCUT2D eigenvalue weighted by Gasteiger charge is -2.02. The van der Waals surface area contributed by atoms with Crippen LogP contribution in [0.4, 0.5) is 10.2 Å². The molecule has 1 aromatic heterocycles. The van der Waals surface area contributed by atoms with Gasteiger partial charge in [-0.15, -0.1) is 0 Å². The summed E-state index contributed by atoms with van der Waals surface area (Å²) in [6, 6.07) is 2.67. The molecule has 0 aliphatic carbocycles. The fourth-order valence-electron chi connectivity index (χ4n) is 1.66. The highest BCUT2D eigenvalue weighted by Crippen LogP contribution is 2.33. The van der Waals surface area contributed by atoms with E-state index in [1.165, 1.54) is 12.1 Å². The molecular weight excluding hydrogens is 247 g/mol. The van der Waals surface area contributed by atoms with Gasteiger partial charge in [-0.3, -0.25) is 0 Å². The second kappa shape index (κ2) is 4.25. The Hall–Kier alpha value is -1.75. The molecule has 0 aliphatic rings. The Kier molecular flexibility index (Phi) is 2.93. The first-order chi connectivity index (χ1) is 8.06. The van der Waals surface area contributed by atoms with Gasteiger partial charge >= 0.3 is 5.97 Å². The Morgan fingerprint density at radius 2 is 2.29 bits per heavy atom. The predicted molar refractivity (Wildman–Crippen MR) is 63.6 cm³/mol. The second-order valence-corrected chi connectivity index (χ2v) is 3.80. The zero-order valence-electron chi connectivity index (χ0n) is 9.01. The van der Waals surface area contributed by atoms with E-state index in [0.717, 1.165) is 0 Å². The van der Waals surface area contributed by atoms with Crippen LogP contribution >= 0.6 is 11.6 Å². The number of carbonyl (C=O) groups excluding carboxylic acids is 1. The highest BCUT2D eigenvalue weighted by atomic mass is 35.5. The zero-order valence-corrected chi connectivity index (χ0v) is 9.77. The van der Waals surface area contributed by atoms with Crippen molar-refractivity contribution >= 4 is 34.3 Å². The number of nitrogens with two attached hydrogens (primary N) is 1.